The Morgan fingerprint density at radius 2 is 1.91 bits per heavy atom. The molecule has 1 amide bonds. The summed E-state index contributed by atoms with van der Waals surface area (Å²) in [6.07, 6.45) is 4.72. The van der Waals surface area contributed by atoms with Crippen LogP contribution in [0.25, 0.3) is 6.08 Å². The van der Waals surface area contributed by atoms with Crippen molar-refractivity contribution in [1.29, 1.82) is 0 Å². The maximum Gasteiger partial charge on any atom is 0.305 e. The van der Waals surface area contributed by atoms with E-state index in [-0.39, 0.29) is 18.9 Å². The molecule has 0 radical (unpaired) electrons. The van der Waals surface area contributed by atoms with Crippen molar-refractivity contribution in [3.63, 3.8) is 0 Å². The first-order valence-corrected chi connectivity index (χ1v) is 7.33. The van der Waals surface area contributed by atoms with E-state index < -0.39 is 5.97 Å². The molecule has 4 nitrogen and oxygen atoms in total. The molecule has 0 heterocycles. The van der Waals surface area contributed by atoms with Crippen LogP contribution in [0.1, 0.15) is 37.3 Å². The van der Waals surface area contributed by atoms with Crippen LogP contribution < -0.4 is 0 Å². The van der Waals surface area contributed by atoms with Crippen LogP contribution in [0.5, 0.6) is 0 Å². The van der Waals surface area contributed by atoms with Gasteiger partial charge in [0.15, 0.2) is 0 Å². The Labute approximate surface area is 131 Å². The molecule has 1 aromatic rings. The lowest BCUT2D eigenvalue weighted by molar-refractivity contribution is -0.137. The van der Waals surface area contributed by atoms with E-state index in [1.165, 1.54) is 16.5 Å². The topological polar surface area (TPSA) is 57.6 Å². The van der Waals surface area contributed by atoms with E-state index in [0.717, 1.165) is 5.56 Å². The van der Waals surface area contributed by atoms with E-state index in [0.29, 0.717) is 12.5 Å². The molecule has 0 aliphatic carbocycles. The van der Waals surface area contributed by atoms with Crippen molar-refractivity contribution in [3.8, 4) is 0 Å². The third-order valence-electron chi connectivity index (χ3n) is 3.28. The minimum absolute atomic E-state index is 0.0729. The van der Waals surface area contributed by atoms with E-state index in [2.05, 4.69) is 20.4 Å². The van der Waals surface area contributed by atoms with Gasteiger partial charge in [0.1, 0.15) is 0 Å². The van der Waals surface area contributed by atoms with Crippen LogP contribution in [0.2, 0.25) is 0 Å². The molecule has 0 aromatic heterocycles. The SMILES string of the molecule is C=CCN(CCC(=O)O)C(=O)/C=C/c1ccc(C(C)C)cc1. The Morgan fingerprint density at radius 3 is 2.41 bits per heavy atom. The molecule has 1 aromatic carbocycles. The fraction of sp³-hybridized carbons (Fsp3) is 0.333. The smallest absolute Gasteiger partial charge is 0.305 e. The minimum atomic E-state index is -0.921. The van der Waals surface area contributed by atoms with Crippen LogP contribution >= 0.6 is 0 Å². The maximum atomic E-state index is 12.1. The molecule has 1 rings (SSSR count). The third-order valence-corrected chi connectivity index (χ3v) is 3.28. The highest BCUT2D eigenvalue weighted by Gasteiger charge is 2.10. The van der Waals surface area contributed by atoms with Crippen molar-refractivity contribution in [2.45, 2.75) is 26.2 Å². The van der Waals surface area contributed by atoms with Crippen molar-refractivity contribution in [3.05, 3.63) is 54.1 Å². The molecule has 4 heteroatoms. The maximum absolute atomic E-state index is 12.1. The number of hydrogen-bond donors (Lipinski definition) is 1. The van der Waals surface area contributed by atoms with Gasteiger partial charge in [0.05, 0.1) is 6.42 Å². The fourth-order valence-corrected chi connectivity index (χ4v) is 1.94. The molecule has 0 fully saturated rings. The summed E-state index contributed by atoms with van der Waals surface area (Å²) >= 11 is 0. The van der Waals surface area contributed by atoms with E-state index in [4.69, 9.17) is 5.11 Å². The van der Waals surface area contributed by atoms with Crippen molar-refractivity contribution >= 4 is 18.0 Å². The first-order valence-electron chi connectivity index (χ1n) is 7.33. The summed E-state index contributed by atoms with van der Waals surface area (Å²) in [7, 11) is 0. The van der Waals surface area contributed by atoms with E-state index in [9.17, 15) is 9.59 Å². The number of carboxylic acids is 1. The van der Waals surface area contributed by atoms with Gasteiger partial charge in [0.25, 0.3) is 0 Å². The Hall–Kier alpha value is -2.36. The van der Waals surface area contributed by atoms with Gasteiger partial charge in [-0.1, -0.05) is 44.2 Å². The number of nitrogens with zero attached hydrogens (tertiary/aromatic N) is 1. The second-order valence-electron chi connectivity index (χ2n) is 5.37. The molecular formula is C18H23NO3. The van der Waals surface area contributed by atoms with Crippen molar-refractivity contribution in [2.24, 2.45) is 0 Å². The second kappa shape index (κ2) is 8.82. The van der Waals surface area contributed by atoms with Gasteiger partial charge in [0.2, 0.25) is 5.91 Å². The zero-order valence-corrected chi connectivity index (χ0v) is 13.2. The summed E-state index contributed by atoms with van der Waals surface area (Å²) in [5.74, 6) is -0.664. The first-order chi connectivity index (χ1) is 10.4. The number of carboxylic acid groups (broad SMARTS) is 1. The number of rotatable bonds is 8. The van der Waals surface area contributed by atoms with Crippen LogP contribution in [0.3, 0.4) is 0 Å². The number of benzene rings is 1. The number of amides is 1. The predicted molar refractivity (Wildman–Crippen MR) is 88.6 cm³/mol. The molecule has 0 aliphatic rings. The van der Waals surface area contributed by atoms with Gasteiger partial charge < -0.3 is 10.0 Å². The summed E-state index contributed by atoms with van der Waals surface area (Å²) in [6, 6.07) is 8.02. The molecule has 0 spiro atoms. The van der Waals surface area contributed by atoms with E-state index >= 15 is 0 Å². The molecule has 0 saturated carbocycles. The number of hydrogen-bond acceptors (Lipinski definition) is 2. The molecule has 0 aliphatic heterocycles. The molecule has 22 heavy (non-hydrogen) atoms. The van der Waals surface area contributed by atoms with Gasteiger partial charge in [0, 0.05) is 19.2 Å². The average Bonchev–Trinajstić information content (AvgIpc) is 2.49. The summed E-state index contributed by atoms with van der Waals surface area (Å²) < 4.78 is 0. The average molecular weight is 301 g/mol. The number of aliphatic carboxylic acids is 1. The minimum Gasteiger partial charge on any atom is -0.481 e. The fourth-order valence-electron chi connectivity index (χ4n) is 1.94. The summed E-state index contributed by atoms with van der Waals surface area (Å²) in [5, 5.41) is 8.71. The van der Waals surface area contributed by atoms with Gasteiger partial charge in [-0.2, -0.15) is 0 Å². The lowest BCUT2D eigenvalue weighted by Crippen LogP contribution is -2.31. The number of carbonyl (C=O) groups excluding carboxylic acids is 1. The molecular weight excluding hydrogens is 278 g/mol. The molecule has 1 N–H and O–H groups in total. The summed E-state index contributed by atoms with van der Waals surface area (Å²) in [4.78, 5) is 24.2. The van der Waals surface area contributed by atoms with Gasteiger partial charge in [-0.25, -0.2) is 0 Å². The lowest BCUT2D eigenvalue weighted by atomic mass is 10.0. The molecule has 0 bridgehead atoms. The Balaban J connectivity index is 2.70. The van der Waals surface area contributed by atoms with Crippen molar-refractivity contribution in [1.82, 2.24) is 4.90 Å². The molecule has 0 unspecified atom stereocenters. The molecule has 0 saturated heterocycles. The highest BCUT2D eigenvalue weighted by atomic mass is 16.4. The Kier molecular flexibility index (Phi) is 7.09. The highest BCUT2D eigenvalue weighted by Crippen LogP contribution is 2.15. The van der Waals surface area contributed by atoms with Crippen molar-refractivity contribution < 1.29 is 14.7 Å². The summed E-state index contributed by atoms with van der Waals surface area (Å²) in [5.41, 5.74) is 2.19. The molecule has 118 valence electrons. The Morgan fingerprint density at radius 1 is 1.27 bits per heavy atom. The largest absolute Gasteiger partial charge is 0.481 e. The third kappa shape index (κ3) is 5.95. The van der Waals surface area contributed by atoms with E-state index in [1.807, 2.05) is 24.3 Å². The van der Waals surface area contributed by atoms with Crippen LogP contribution in [-0.2, 0) is 9.59 Å². The lowest BCUT2D eigenvalue weighted by Gasteiger charge is -2.18. The van der Waals surface area contributed by atoms with Gasteiger partial charge >= 0.3 is 5.97 Å². The van der Waals surface area contributed by atoms with Crippen LogP contribution in [0.4, 0.5) is 0 Å². The Bertz CT molecular complexity index is 544. The second-order valence-corrected chi connectivity index (χ2v) is 5.37. The van der Waals surface area contributed by atoms with Gasteiger partial charge in [-0.05, 0) is 23.1 Å². The molecule has 0 atom stereocenters. The van der Waals surface area contributed by atoms with Gasteiger partial charge in [-0.15, -0.1) is 6.58 Å². The van der Waals surface area contributed by atoms with Crippen LogP contribution in [0.15, 0.2) is 43.0 Å². The highest BCUT2D eigenvalue weighted by molar-refractivity contribution is 5.92. The normalized spacial score (nSPS) is 10.9. The zero-order valence-electron chi connectivity index (χ0n) is 13.2. The van der Waals surface area contributed by atoms with Gasteiger partial charge in [-0.3, -0.25) is 9.59 Å². The predicted octanol–water partition coefficient (Wildman–Crippen LogP) is 3.31. The van der Waals surface area contributed by atoms with Crippen LogP contribution in [-0.4, -0.2) is 35.0 Å². The number of carbonyl (C=O) groups is 2. The quantitative estimate of drug-likeness (QED) is 0.592. The monoisotopic (exact) mass is 301 g/mol. The van der Waals surface area contributed by atoms with E-state index in [1.54, 1.807) is 12.2 Å². The first kappa shape index (κ1) is 17.7. The summed E-state index contributed by atoms with van der Waals surface area (Å²) in [6.45, 7) is 8.36. The zero-order chi connectivity index (χ0) is 16.5. The van der Waals surface area contributed by atoms with Crippen molar-refractivity contribution in [2.75, 3.05) is 13.1 Å². The standard InChI is InChI=1S/C18H23NO3/c1-4-12-19(13-11-18(21)22)17(20)10-7-15-5-8-16(9-6-15)14(2)3/h4-10,14H,1,11-13H2,2-3H3,(H,21,22)/b10-7+. The van der Waals surface area contributed by atoms with Crippen LogP contribution in [0, 0.1) is 0 Å².